The third-order valence-corrected chi connectivity index (χ3v) is 5.99. The number of aromatic nitrogens is 1. The maximum absolute atomic E-state index is 13.0. The summed E-state index contributed by atoms with van der Waals surface area (Å²) in [4.78, 5) is 31.4. The van der Waals surface area contributed by atoms with Gasteiger partial charge in [-0.05, 0) is 28.1 Å². The van der Waals surface area contributed by atoms with Crippen LogP contribution in [0.15, 0.2) is 22.7 Å². The van der Waals surface area contributed by atoms with E-state index < -0.39 is 11.9 Å². The summed E-state index contributed by atoms with van der Waals surface area (Å²) in [7, 11) is 0. The predicted octanol–water partition coefficient (Wildman–Crippen LogP) is 4.22. The van der Waals surface area contributed by atoms with Crippen LogP contribution in [-0.2, 0) is 14.9 Å². The van der Waals surface area contributed by atoms with Gasteiger partial charge in [-0.15, -0.1) is 0 Å². The van der Waals surface area contributed by atoms with Crippen LogP contribution >= 0.6 is 27.3 Å². The Kier molecular flexibility index (Phi) is 6.60. The van der Waals surface area contributed by atoms with Gasteiger partial charge in [0.05, 0.1) is 24.5 Å². The predicted molar refractivity (Wildman–Crippen MR) is 117 cm³/mol. The lowest BCUT2D eigenvalue weighted by Crippen LogP contribution is -2.37. The summed E-state index contributed by atoms with van der Waals surface area (Å²) in [6.07, 6.45) is 0. The normalized spacial score (nSPS) is 14.6. The zero-order valence-electron chi connectivity index (χ0n) is 16.9. The first-order valence-electron chi connectivity index (χ1n) is 9.29. The molecule has 0 radical (unpaired) electrons. The fourth-order valence-electron chi connectivity index (χ4n) is 2.96. The third kappa shape index (κ3) is 5.15. The molecular weight excluding hydrogens is 458 g/mol. The Morgan fingerprint density at radius 2 is 1.97 bits per heavy atom. The van der Waals surface area contributed by atoms with Crippen LogP contribution in [0.4, 0.5) is 10.1 Å². The van der Waals surface area contributed by atoms with Gasteiger partial charge in [-0.3, -0.25) is 14.9 Å². The Morgan fingerprint density at radius 1 is 1.28 bits per heavy atom. The highest BCUT2D eigenvalue weighted by Gasteiger charge is 2.28. The van der Waals surface area contributed by atoms with Gasteiger partial charge < -0.3 is 14.4 Å². The fraction of sp³-hybridized carbons (Fsp3) is 0.450. The number of carbonyl (C=O) groups excluding carboxylic acids is 2. The van der Waals surface area contributed by atoms with Gasteiger partial charge in [0.2, 0.25) is 0 Å². The minimum absolute atomic E-state index is 0.177. The molecule has 0 aliphatic carbocycles. The Balaban J connectivity index is 1.92. The van der Waals surface area contributed by atoms with Crippen molar-refractivity contribution in [3.8, 4) is 5.75 Å². The van der Waals surface area contributed by atoms with E-state index in [1.165, 1.54) is 18.3 Å². The van der Waals surface area contributed by atoms with E-state index in [-0.39, 0.29) is 16.7 Å². The highest BCUT2D eigenvalue weighted by molar-refractivity contribution is 9.10. The number of benzene rings is 1. The molecule has 1 aliphatic rings. The minimum Gasteiger partial charge on any atom is -0.426 e. The number of thiazole rings is 1. The maximum Gasteiger partial charge on any atom is 0.308 e. The lowest BCUT2D eigenvalue weighted by molar-refractivity contribution is -0.131. The summed E-state index contributed by atoms with van der Waals surface area (Å²) in [5.74, 6) is -0.683. The van der Waals surface area contributed by atoms with Crippen molar-refractivity contribution in [3.63, 3.8) is 0 Å². The van der Waals surface area contributed by atoms with Crippen LogP contribution < -0.4 is 15.0 Å². The molecule has 0 unspecified atom stereocenters. The average molecular weight is 482 g/mol. The van der Waals surface area contributed by atoms with E-state index in [0.717, 1.165) is 23.8 Å². The fourth-order valence-corrected chi connectivity index (χ4v) is 4.71. The molecule has 0 spiro atoms. The van der Waals surface area contributed by atoms with Crippen molar-refractivity contribution >= 4 is 49.3 Å². The lowest BCUT2D eigenvalue weighted by atomic mass is 9.92. The van der Waals surface area contributed by atoms with E-state index in [0.29, 0.717) is 22.8 Å². The van der Waals surface area contributed by atoms with E-state index >= 15 is 0 Å². The number of anilines is 2. The minimum atomic E-state index is -0.490. The maximum atomic E-state index is 13.0. The first-order chi connectivity index (χ1) is 13.7. The van der Waals surface area contributed by atoms with Gasteiger partial charge in [0, 0.05) is 29.9 Å². The van der Waals surface area contributed by atoms with Crippen LogP contribution in [0.2, 0.25) is 0 Å². The largest absolute Gasteiger partial charge is 0.426 e. The number of rotatable bonds is 4. The van der Waals surface area contributed by atoms with E-state index in [1.807, 2.05) is 0 Å². The smallest absolute Gasteiger partial charge is 0.308 e. The topological polar surface area (TPSA) is 80.8 Å². The molecule has 0 bridgehead atoms. The highest BCUT2D eigenvalue weighted by Crippen LogP contribution is 2.39. The number of amides is 1. The molecule has 1 saturated heterocycles. The first kappa shape index (κ1) is 21.7. The first-order valence-corrected chi connectivity index (χ1v) is 10.9. The number of nitrogens with zero attached hydrogens (tertiary/aromatic N) is 2. The third-order valence-electron chi connectivity index (χ3n) is 4.29. The van der Waals surface area contributed by atoms with Gasteiger partial charge in [-0.1, -0.05) is 38.2 Å². The number of ether oxygens (including phenoxy) is 2. The number of carbonyl (C=O) groups is 2. The van der Waals surface area contributed by atoms with Crippen LogP contribution in [0.5, 0.6) is 5.75 Å². The van der Waals surface area contributed by atoms with Crippen LogP contribution in [0.3, 0.4) is 0 Å². The summed E-state index contributed by atoms with van der Waals surface area (Å²) in [6, 6.07) is 5.02. The molecule has 156 valence electrons. The molecule has 0 saturated carbocycles. The molecule has 2 aromatic rings. The zero-order chi connectivity index (χ0) is 21.2. The summed E-state index contributed by atoms with van der Waals surface area (Å²) < 4.78 is 11.2. The summed E-state index contributed by atoms with van der Waals surface area (Å²) in [6.45, 7) is 10.5. The van der Waals surface area contributed by atoms with Crippen molar-refractivity contribution in [2.24, 2.45) is 0 Å². The Bertz CT molecular complexity index is 917. The SMILES string of the molecule is CC(=O)Oc1cccc(Br)c1C(=O)Nc1nc(C(C)(C)C)c(N2CCOCC2)s1. The molecule has 2 heterocycles. The van der Waals surface area contributed by atoms with Crippen molar-refractivity contribution in [1.29, 1.82) is 0 Å². The van der Waals surface area contributed by atoms with E-state index in [9.17, 15) is 9.59 Å². The second-order valence-electron chi connectivity index (χ2n) is 7.68. The van der Waals surface area contributed by atoms with Gasteiger partial charge in [-0.25, -0.2) is 4.98 Å². The zero-order valence-corrected chi connectivity index (χ0v) is 19.3. The van der Waals surface area contributed by atoms with Crippen LogP contribution in [-0.4, -0.2) is 43.2 Å². The molecule has 1 amide bonds. The molecule has 1 fully saturated rings. The molecule has 1 N–H and O–H groups in total. The molecule has 3 rings (SSSR count). The second kappa shape index (κ2) is 8.81. The number of nitrogens with one attached hydrogen (secondary N) is 1. The summed E-state index contributed by atoms with van der Waals surface area (Å²) in [5.41, 5.74) is 1.01. The number of hydrogen-bond acceptors (Lipinski definition) is 7. The molecule has 0 atom stereocenters. The molecule has 9 heteroatoms. The molecular formula is C20H24BrN3O4S. The Morgan fingerprint density at radius 3 is 2.59 bits per heavy atom. The molecule has 1 aromatic heterocycles. The number of morpholine rings is 1. The number of hydrogen-bond donors (Lipinski definition) is 1. The standard InChI is InChI=1S/C20H24BrN3O4S/c1-12(25)28-14-7-5-6-13(21)15(14)17(26)23-19-22-16(20(2,3)4)18(29-19)24-8-10-27-11-9-24/h5-7H,8-11H2,1-4H3,(H,22,23,26). The van der Waals surface area contributed by atoms with Crippen LogP contribution in [0, 0.1) is 0 Å². The number of esters is 1. The van der Waals surface area contributed by atoms with Crippen LogP contribution in [0.1, 0.15) is 43.7 Å². The molecule has 7 nitrogen and oxygen atoms in total. The van der Waals surface area contributed by atoms with Crippen molar-refractivity contribution < 1.29 is 19.1 Å². The van der Waals surface area contributed by atoms with Gasteiger partial charge in [0.1, 0.15) is 10.8 Å². The van der Waals surface area contributed by atoms with Gasteiger partial charge in [0.25, 0.3) is 5.91 Å². The summed E-state index contributed by atoms with van der Waals surface area (Å²) in [5, 5.41) is 4.42. The average Bonchev–Trinajstić information content (AvgIpc) is 3.06. The molecule has 1 aromatic carbocycles. The highest BCUT2D eigenvalue weighted by atomic mass is 79.9. The quantitative estimate of drug-likeness (QED) is 0.520. The van der Waals surface area contributed by atoms with Crippen molar-refractivity contribution in [2.75, 3.05) is 36.5 Å². The van der Waals surface area contributed by atoms with Gasteiger partial charge in [-0.2, -0.15) is 0 Å². The van der Waals surface area contributed by atoms with E-state index in [4.69, 9.17) is 14.5 Å². The van der Waals surface area contributed by atoms with Crippen molar-refractivity contribution in [3.05, 3.63) is 33.9 Å². The Labute approximate surface area is 182 Å². The molecule has 1 aliphatic heterocycles. The van der Waals surface area contributed by atoms with Crippen LogP contribution in [0.25, 0.3) is 0 Å². The van der Waals surface area contributed by atoms with Crippen molar-refractivity contribution in [1.82, 2.24) is 4.98 Å². The van der Waals surface area contributed by atoms with E-state index in [1.54, 1.807) is 18.2 Å². The summed E-state index contributed by atoms with van der Waals surface area (Å²) >= 11 is 4.82. The monoisotopic (exact) mass is 481 g/mol. The molecule has 29 heavy (non-hydrogen) atoms. The van der Waals surface area contributed by atoms with E-state index in [2.05, 4.69) is 46.9 Å². The lowest BCUT2D eigenvalue weighted by Gasteiger charge is -2.30. The van der Waals surface area contributed by atoms with Gasteiger partial charge >= 0.3 is 5.97 Å². The van der Waals surface area contributed by atoms with Crippen molar-refractivity contribution in [2.45, 2.75) is 33.1 Å². The Hall–Kier alpha value is -1.97. The van der Waals surface area contributed by atoms with Gasteiger partial charge in [0.15, 0.2) is 5.13 Å². The second-order valence-corrected chi connectivity index (χ2v) is 9.51. The number of halogens is 1.